The van der Waals surface area contributed by atoms with E-state index in [9.17, 15) is 18.0 Å². The van der Waals surface area contributed by atoms with E-state index in [0.29, 0.717) is 23.7 Å². The lowest BCUT2D eigenvalue weighted by Crippen LogP contribution is -2.53. The Labute approximate surface area is 207 Å². The number of halogens is 1. The van der Waals surface area contributed by atoms with E-state index in [1.165, 1.54) is 4.90 Å². The number of anilines is 1. The molecule has 7 nitrogen and oxygen atoms in total. The zero-order chi connectivity index (χ0) is 24.7. The van der Waals surface area contributed by atoms with Crippen LogP contribution in [-0.2, 0) is 26.0 Å². The Bertz CT molecular complexity index is 1070. The summed E-state index contributed by atoms with van der Waals surface area (Å²) in [6.07, 6.45) is 5.65. The summed E-state index contributed by atoms with van der Waals surface area (Å²) in [4.78, 5) is 27.9. The van der Waals surface area contributed by atoms with Crippen molar-refractivity contribution in [2.24, 2.45) is 0 Å². The van der Waals surface area contributed by atoms with Crippen LogP contribution in [0.4, 0.5) is 5.69 Å². The molecule has 34 heavy (non-hydrogen) atoms. The number of rotatable bonds is 10. The molecule has 1 saturated carbocycles. The molecule has 1 aliphatic rings. The molecule has 2 aromatic carbocycles. The first-order valence-electron chi connectivity index (χ1n) is 11.5. The fraction of sp³-hybridized carbons (Fsp3) is 0.440. The third-order valence-corrected chi connectivity index (χ3v) is 7.54. The Hall–Kier alpha value is -2.58. The van der Waals surface area contributed by atoms with Crippen LogP contribution in [0.2, 0.25) is 5.02 Å². The fourth-order valence-corrected chi connectivity index (χ4v) is 5.16. The smallest absolute Gasteiger partial charge is 0.244 e. The second-order valence-corrected chi connectivity index (χ2v) is 11.1. The Morgan fingerprint density at radius 1 is 1.06 bits per heavy atom. The summed E-state index contributed by atoms with van der Waals surface area (Å²) in [5, 5.41) is 3.52. The van der Waals surface area contributed by atoms with E-state index in [1.807, 2.05) is 30.3 Å². The second kappa shape index (κ2) is 11.7. The van der Waals surface area contributed by atoms with Crippen LogP contribution >= 0.6 is 11.6 Å². The Kier molecular flexibility index (Phi) is 8.97. The summed E-state index contributed by atoms with van der Waals surface area (Å²) in [5.41, 5.74) is 1.37. The second-order valence-electron chi connectivity index (χ2n) is 8.73. The van der Waals surface area contributed by atoms with Crippen molar-refractivity contribution >= 4 is 39.1 Å². The van der Waals surface area contributed by atoms with Gasteiger partial charge in [-0.05, 0) is 56.0 Å². The van der Waals surface area contributed by atoms with Crippen molar-refractivity contribution in [2.75, 3.05) is 23.7 Å². The lowest BCUT2D eigenvalue weighted by molar-refractivity contribution is -0.139. The quantitative estimate of drug-likeness (QED) is 0.534. The van der Waals surface area contributed by atoms with Gasteiger partial charge < -0.3 is 10.2 Å². The molecule has 0 saturated heterocycles. The molecule has 0 heterocycles. The topological polar surface area (TPSA) is 86.8 Å². The highest BCUT2D eigenvalue weighted by Gasteiger charge is 2.31. The predicted molar refractivity (Wildman–Crippen MR) is 135 cm³/mol. The number of benzene rings is 2. The molecule has 1 atom stereocenters. The molecule has 2 aromatic rings. The largest absolute Gasteiger partial charge is 0.352 e. The number of carbonyl (C=O) groups excluding carboxylic acids is 2. The fourth-order valence-electron chi connectivity index (χ4n) is 4.18. The number of nitrogens with one attached hydrogen (secondary N) is 1. The van der Waals surface area contributed by atoms with Gasteiger partial charge in [-0.3, -0.25) is 13.9 Å². The third-order valence-electron chi connectivity index (χ3n) is 6.15. The van der Waals surface area contributed by atoms with E-state index < -0.39 is 28.5 Å². The normalized spacial score (nSPS) is 15.0. The Morgan fingerprint density at radius 3 is 2.26 bits per heavy atom. The summed E-state index contributed by atoms with van der Waals surface area (Å²) < 4.78 is 26.1. The lowest BCUT2D eigenvalue weighted by atomic mass is 10.1. The minimum Gasteiger partial charge on any atom is -0.352 e. The van der Waals surface area contributed by atoms with E-state index in [-0.39, 0.29) is 11.9 Å². The van der Waals surface area contributed by atoms with Crippen molar-refractivity contribution in [1.82, 2.24) is 10.2 Å². The van der Waals surface area contributed by atoms with Crippen LogP contribution in [0.5, 0.6) is 0 Å². The van der Waals surface area contributed by atoms with Gasteiger partial charge in [0.05, 0.1) is 11.9 Å². The van der Waals surface area contributed by atoms with E-state index in [4.69, 9.17) is 11.6 Å². The number of carbonyl (C=O) groups is 2. The summed E-state index contributed by atoms with van der Waals surface area (Å²) >= 11 is 5.94. The van der Waals surface area contributed by atoms with Gasteiger partial charge in [0.25, 0.3) is 0 Å². The Balaban J connectivity index is 1.81. The maximum atomic E-state index is 13.5. The van der Waals surface area contributed by atoms with Gasteiger partial charge >= 0.3 is 0 Å². The molecule has 1 aliphatic carbocycles. The molecule has 0 spiro atoms. The minimum absolute atomic E-state index is 0.127. The zero-order valence-corrected chi connectivity index (χ0v) is 21.2. The molecule has 184 valence electrons. The van der Waals surface area contributed by atoms with Gasteiger partial charge in [-0.25, -0.2) is 8.42 Å². The Morgan fingerprint density at radius 2 is 1.68 bits per heavy atom. The number of hydrogen-bond acceptors (Lipinski definition) is 4. The highest BCUT2D eigenvalue weighted by molar-refractivity contribution is 7.92. The molecule has 9 heteroatoms. The average Bonchev–Trinajstić information content (AvgIpc) is 3.31. The molecule has 2 amide bonds. The van der Waals surface area contributed by atoms with Crippen molar-refractivity contribution in [3.8, 4) is 0 Å². The lowest BCUT2D eigenvalue weighted by Gasteiger charge is -2.32. The summed E-state index contributed by atoms with van der Waals surface area (Å²) in [7, 11) is -3.75. The monoisotopic (exact) mass is 505 g/mol. The van der Waals surface area contributed by atoms with E-state index in [1.54, 1.807) is 31.2 Å². The molecule has 0 aliphatic heterocycles. The van der Waals surface area contributed by atoms with Gasteiger partial charge in [0.15, 0.2) is 0 Å². The molecular weight excluding hydrogens is 474 g/mol. The SMILES string of the molecule is C[C@@H](C(=O)NC1CCCC1)N(CCc1ccccc1)C(=O)CN(c1ccc(Cl)cc1)S(C)(=O)=O. The molecule has 1 N–H and O–H groups in total. The number of sulfonamides is 1. The number of hydrogen-bond donors (Lipinski definition) is 1. The molecule has 1 fully saturated rings. The molecular formula is C25H32ClN3O4S. The van der Waals surface area contributed by atoms with Crippen molar-refractivity contribution in [1.29, 1.82) is 0 Å². The van der Waals surface area contributed by atoms with Crippen LogP contribution in [0.1, 0.15) is 38.2 Å². The standard InChI is InChI=1S/C25H32ClN3O4S/c1-19(25(31)27-22-10-6-7-11-22)28(17-16-20-8-4-3-5-9-20)24(30)18-29(34(2,32)33)23-14-12-21(26)13-15-23/h3-5,8-9,12-15,19,22H,6-7,10-11,16-18H2,1-2H3,(H,27,31)/t19-/m0/s1. The van der Waals surface area contributed by atoms with Gasteiger partial charge in [-0.1, -0.05) is 54.8 Å². The van der Waals surface area contributed by atoms with Crippen molar-refractivity contribution < 1.29 is 18.0 Å². The number of nitrogens with zero attached hydrogens (tertiary/aromatic N) is 2. The summed E-state index contributed by atoms with van der Waals surface area (Å²) in [6, 6.07) is 15.3. The van der Waals surface area contributed by atoms with Crippen LogP contribution in [0.3, 0.4) is 0 Å². The van der Waals surface area contributed by atoms with Crippen molar-refractivity contribution in [2.45, 2.75) is 51.1 Å². The maximum Gasteiger partial charge on any atom is 0.244 e. The van der Waals surface area contributed by atoms with Crippen molar-refractivity contribution in [3.05, 3.63) is 65.2 Å². The molecule has 3 rings (SSSR count). The third kappa shape index (κ3) is 7.21. The number of amides is 2. The van der Waals surface area contributed by atoms with Crippen LogP contribution in [0, 0.1) is 0 Å². The van der Waals surface area contributed by atoms with Gasteiger partial charge in [-0.15, -0.1) is 0 Å². The minimum atomic E-state index is -3.75. The van der Waals surface area contributed by atoms with E-state index >= 15 is 0 Å². The first-order chi connectivity index (χ1) is 16.1. The first kappa shape index (κ1) is 26.0. The first-order valence-corrected chi connectivity index (χ1v) is 13.7. The van der Waals surface area contributed by atoms with Gasteiger partial charge in [-0.2, -0.15) is 0 Å². The van der Waals surface area contributed by atoms with Crippen LogP contribution in [0.25, 0.3) is 0 Å². The van der Waals surface area contributed by atoms with E-state index in [0.717, 1.165) is 41.8 Å². The van der Waals surface area contributed by atoms with Crippen LogP contribution < -0.4 is 9.62 Å². The van der Waals surface area contributed by atoms with Crippen LogP contribution in [0.15, 0.2) is 54.6 Å². The molecule has 0 aromatic heterocycles. The highest BCUT2D eigenvalue weighted by atomic mass is 35.5. The van der Waals surface area contributed by atoms with Gasteiger partial charge in [0, 0.05) is 17.6 Å². The summed E-state index contributed by atoms with van der Waals surface area (Å²) in [5.74, 6) is -0.656. The van der Waals surface area contributed by atoms with Crippen LogP contribution in [-0.4, -0.2) is 56.6 Å². The van der Waals surface area contributed by atoms with E-state index in [2.05, 4.69) is 5.32 Å². The van der Waals surface area contributed by atoms with Gasteiger partial charge in [0.2, 0.25) is 21.8 Å². The van der Waals surface area contributed by atoms with Gasteiger partial charge in [0.1, 0.15) is 12.6 Å². The summed E-state index contributed by atoms with van der Waals surface area (Å²) in [6.45, 7) is 1.58. The van der Waals surface area contributed by atoms with Crippen molar-refractivity contribution in [3.63, 3.8) is 0 Å². The molecule has 0 bridgehead atoms. The molecule has 0 radical (unpaired) electrons. The highest BCUT2D eigenvalue weighted by Crippen LogP contribution is 2.21. The maximum absolute atomic E-state index is 13.5. The average molecular weight is 506 g/mol. The predicted octanol–water partition coefficient (Wildman–Crippen LogP) is 3.62. The zero-order valence-electron chi connectivity index (χ0n) is 19.6. The molecule has 0 unspecified atom stereocenters.